The zero-order valence-electron chi connectivity index (χ0n) is 15.2. The molecule has 0 amide bonds. The fourth-order valence-corrected chi connectivity index (χ4v) is 4.70. The number of halogens is 1. The molecule has 1 atom stereocenters. The smallest absolute Gasteiger partial charge is 0.176 e. The van der Waals surface area contributed by atoms with Gasteiger partial charge in [0, 0.05) is 17.3 Å². The first kappa shape index (κ1) is 16.6. The summed E-state index contributed by atoms with van der Waals surface area (Å²) in [4.78, 5) is 15.1. The van der Waals surface area contributed by atoms with E-state index in [1.54, 1.807) is 33.1 Å². The van der Waals surface area contributed by atoms with E-state index >= 15 is 0 Å². The minimum Gasteiger partial charge on any atom is -0.260 e. The van der Waals surface area contributed by atoms with Gasteiger partial charge in [-0.1, -0.05) is 11.6 Å². The van der Waals surface area contributed by atoms with Gasteiger partial charge in [0.2, 0.25) is 0 Å². The van der Waals surface area contributed by atoms with Crippen LogP contribution in [0.5, 0.6) is 0 Å². The highest BCUT2D eigenvalue weighted by molar-refractivity contribution is 7.26. The van der Waals surface area contributed by atoms with Crippen LogP contribution in [0, 0.1) is 20.8 Å². The molecule has 5 aromatic rings. The molecule has 0 aromatic carbocycles. The molecule has 0 aliphatic carbocycles. The van der Waals surface area contributed by atoms with E-state index in [2.05, 4.69) is 33.2 Å². The van der Waals surface area contributed by atoms with Gasteiger partial charge in [0.15, 0.2) is 11.5 Å². The maximum atomic E-state index is 6.15. The van der Waals surface area contributed by atoms with Crippen LogP contribution in [0.2, 0.25) is 5.02 Å². The third-order valence-corrected chi connectivity index (χ3v) is 6.18. The summed E-state index contributed by atoms with van der Waals surface area (Å²) in [6.07, 6.45) is 3.52. The minimum atomic E-state index is -0.136. The van der Waals surface area contributed by atoms with Gasteiger partial charge >= 0.3 is 0 Å². The molecule has 0 aliphatic heterocycles. The van der Waals surface area contributed by atoms with Gasteiger partial charge in [-0.05, 0) is 39.3 Å². The SMILES string of the molecule is Cc1cc(C)c2c(n1)sc1c2ncn2nc(C(C)n3cc(Cl)c(C)n3)nc12. The molecule has 0 aliphatic rings. The zero-order valence-corrected chi connectivity index (χ0v) is 16.8. The lowest BCUT2D eigenvalue weighted by Gasteiger charge is -2.06. The minimum absolute atomic E-state index is 0.136. The van der Waals surface area contributed by atoms with Gasteiger partial charge < -0.3 is 0 Å². The molecule has 5 heterocycles. The van der Waals surface area contributed by atoms with E-state index in [1.165, 1.54) is 5.56 Å². The fourth-order valence-electron chi connectivity index (χ4n) is 3.34. The van der Waals surface area contributed by atoms with Gasteiger partial charge in [0.1, 0.15) is 21.9 Å². The first-order valence-electron chi connectivity index (χ1n) is 8.55. The van der Waals surface area contributed by atoms with Gasteiger partial charge in [-0.2, -0.15) is 5.10 Å². The Balaban J connectivity index is 1.73. The van der Waals surface area contributed by atoms with E-state index in [0.717, 1.165) is 37.5 Å². The van der Waals surface area contributed by atoms with Crippen LogP contribution in [0.4, 0.5) is 0 Å². The molecule has 0 bridgehead atoms. The lowest BCUT2D eigenvalue weighted by Crippen LogP contribution is -2.09. The lowest BCUT2D eigenvalue weighted by molar-refractivity contribution is 0.533. The summed E-state index contributed by atoms with van der Waals surface area (Å²) < 4.78 is 4.51. The number of aryl methyl sites for hydroxylation is 3. The first-order chi connectivity index (χ1) is 12.9. The summed E-state index contributed by atoms with van der Waals surface area (Å²) in [5.41, 5.74) is 4.69. The summed E-state index contributed by atoms with van der Waals surface area (Å²) in [5.74, 6) is 0.668. The molecule has 5 rings (SSSR count). The van der Waals surface area contributed by atoms with E-state index in [0.29, 0.717) is 10.8 Å². The molecule has 9 heteroatoms. The van der Waals surface area contributed by atoms with E-state index in [1.807, 2.05) is 20.8 Å². The van der Waals surface area contributed by atoms with Crippen LogP contribution in [-0.2, 0) is 0 Å². The molecule has 0 saturated heterocycles. The number of aromatic nitrogens is 7. The maximum Gasteiger partial charge on any atom is 0.176 e. The molecule has 7 nitrogen and oxygen atoms in total. The van der Waals surface area contributed by atoms with Crippen molar-refractivity contribution in [2.75, 3.05) is 0 Å². The molecule has 0 saturated carbocycles. The molecule has 136 valence electrons. The van der Waals surface area contributed by atoms with Crippen molar-refractivity contribution in [3.8, 4) is 0 Å². The Morgan fingerprint density at radius 2 is 1.96 bits per heavy atom. The molecule has 27 heavy (non-hydrogen) atoms. The summed E-state index contributed by atoms with van der Waals surface area (Å²) >= 11 is 7.75. The largest absolute Gasteiger partial charge is 0.260 e. The van der Waals surface area contributed by atoms with Gasteiger partial charge in [-0.15, -0.1) is 16.4 Å². The Hall–Kier alpha value is -2.58. The van der Waals surface area contributed by atoms with Crippen LogP contribution < -0.4 is 0 Å². The zero-order chi connectivity index (χ0) is 18.9. The van der Waals surface area contributed by atoms with Crippen LogP contribution in [0.1, 0.15) is 35.7 Å². The van der Waals surface area contributed by atoms with Crippen molar-refractivity contribution < 1.29 is 0 Å². The maximum absolute atomic E-state index is 6.15. The Morgan fingerprint density at radius 3 is 2.70 bits per heavy atom. The van der Waals surface area contributed by atoms with Crippen LogP contribution in [0.3, 0.4) is 0 Å². The van der Waals surface area contributed by atoms with Crippen LogP contribution >= 0.6 is 22.9 Å². The molecule has 0 N–H and O–H groups in total. The summed E-state index contributed by atoms with van der Waals surface area (Å²) in [7, 11) is 0. The predicted octanol–water partition coefficient (Wildman–Crippen LogP) is 4.27. The van der Waals surface area contributed by atoms with E-state index in [4.69, 9.17) is 16.6 Å². The molecule has 1 unspecified atom stereocenters. The highest BCUT2D eigenvalue weighted by Crippen LogP contribution is 2.35. The molecule has 0 spiro atoms. The summed E-state index contributed by atoms with van der Waals surface area (Å²) in [6, 6.07) is 1.95. The van der Waals surface area contributed by atoms with Gasteiger partial charge in [0.25, 0.3) is 0 Å². The number of hydrogen-bond donors (Lipinski definition) is 0. The van der Waals surface area contributed by atoms with Crippen LogP contribution in [0.25, 0.3) is 26.1 Å². The second-order valence-electron chi connectivity index (χ2n) is 6.74. The molecule has 0 radical (unpaired) electrons. The third-order valence-electron chi connectivity index (χ3n) is 4.74. The van der Waals surface area contributed by atoms with Crippen molar-refractivity contribution >= 4 is 49.0 Å². The quantitative estimate of drug-likeness (QED) is 0.444. The van der Waals surface area contributed by atoms with E-state index < -0.39 is 0 Å². The van der Waals surface area contributed by atoms with Crippen molar-refractivity contribution in [2.45, 2.75) is 33.7 Å². The Kier molecular flexibility index (Phi) is 3.50. The average molecular weight is 398 g/mol. The number of nitrogens with zero attached hydrogens (tertiary/aromatic N) is 7. The average Bonchev–Trinajstić information content (AvgIpc) is 3.28. The van der Waals surface area contributed by atoms with Crippen molar-refractivity contribution in [2.24, 2.45) is 0 Å². The normalized spacial score (nSPS) is 13.2. The Labute approximate surface area is 163 Å². The second-order valence-corrected chi connectivity index (χ2v) is 8.15. The number of thiophene rings is 1. The molecule has 0 fully saturated rings. The Morgan fingerprint density at radius 1 is 1.15 bits per heavy atom. The summed E-state index contributed by atoms with van der Waals surface area (Å²) in [6.45, 7) is 7.98. The van der Waals surface area contributed by atoms with Gasteiger partial charge in [-0.25, -0.2) is 19.5 Å². The highest BCUT2D eigenvalue weighted by atomic mass is 35.5. The third kappa shape index (κ3) is 2.44. The monoisotopic (exact) mass is 397 g/mol. The number of pyridine rings is 1. The predicted molar refractivity (Wildman–Crippen MR) is 107 cm³/mol. The van der Waals surface area contributed by atoms with Crippen LogP contribution in [0.15, 0.2) is 18.6 Å². The van der Waals surface area contributed by atoms with Gasteiger partial charge in [-0.3, -0.25) is 4.68 Å². The number of rotatable bonds is 2. The molecule has 5 aromatic heterocycles. The number of hydrogen-bond acceptors (Lipinski definition) is 6. The lowest BCUT2D eigenvalue weighted by atomic mass is 10.1. The summed E-state index contributed by atoms with van der Waals surface area (Å²) in [5, 5.41) is 10.8. The molecular formula is C18H16ClN7S. The van der Waals surface area contributed by atoms with E-state index in [-0.39, 0.29) is 6.04 Å². The van der Waals surface area contributed by atoms with Crippen molar-refractivity contribution in [3.05, 3.63) is 46.4 Å². The van der Waals surface area contributed by atoms with Crippen molar-refractivity contribution in [3.63, 3.8) is 0 Å². The second kappa shape index (κ2) is 5.71. The van der Waals surface area contributed by atoms with E-state index in [9.17, 15) is 0 Å². The highest BCUT2D eigenvalue weighted by Gasteiger charge is 2.20. The topological polar surface area (TPSA) is 73.8 Å². The van der Waals surface area contributed by atoms with Gasteiger partial charge in [0.05, 0.1) is 16.2 Å². The number of fused-ring (bicyclic) bond motifs is 5. The van der Waals surface area contributed by atoms with Crippen molar-refractivity contribution in [1.29, 1.82) is 0 Å². The van der Waals surface area contributed by atoms with Crippen LogP contribution in [-0.4, -0.2) is 34.3 Å². The molecular weight excluding hydrogens is 382 g/mol. The Bertz CT molecular complexity index is 1330. The standard InChI is InChI=1S/C18H16ClN7S/c1-8-5-9(2)21-18-13(8)14-15(27-18)17-22-16(24-26(17)7-20-14)11(4)25-6-12(19)10(3)23-25/h5-7,11H,1-4H3. The van der Waals surface area contributed by atoms with Crippen molar-refractivity contribution in [1.82, 2.24) is 34.3 Å². The fraction of sp³-hybridized carbons (Fsp3) is 0.278. The first-order valence-corrected chi connectivity index (χ1v) is 9.75.